The molecular formula is C19H24N2O4S2. The van der Waals surface area contributed by atoms with E-state index in [0.717, 1.165) is 30.7 Å². The van der Waals surface area contributed by atoms with Crippen molar-refractivity contribution >= 4 is 25.5 Å². The van der Waals surface area contributed by atoms with Crippen LogP contribution in [-0.4, -0.2) is 23.1 Å². The number of aryl methyl sites for hydroxylation is 2. The highest BCUT2D eigenvalue weighted by Gasteiger charge is 2.20. The van der Waals surface area contributed by atoms with Gasteiger partial charge in [-0.3, -0.25) is 0 Å². The monoisotopic (exact) mass is 408 g/mol. The van der Waals surface area contributed by atoms with Gasteiger partial charge in [0.25, 0.3) is 0 Å². The quantitative estimate of drug-likeness (QED) is 0.791. The summed E-state index contributed by atoms with van der Waals surface area (Å²) in [5, 5.41) is 8.34. The Morgan fingerprint density at radius 1 is 0.963 bits per heavy atom. The maximum Gasteiger partial charge on any atom is 0.238 e. The van der Waals surface area contributed by atoms with Crippen molar-refractivity contribution in [2.24, 2.45) is 5.14 Å². The third kappa shape index (κ3) is 4.51. The van der Waals surface area contributed by atoms with Gasteiger partial charge in [-0.2, -0.15) is 0 Å². The number of sulfone groups is 1. The normalized spacial score (nSPS) is 15.8. The van der Waals surface area contributed by atoms with E-state index in [2.05, 4.69) is 23.5 Å². The Kier molecular flexibility index (Phi) is 5.33. The van der Waals surface area contributed by atoms with E-state index < -0.39 is 19.9 Å². The number of primary sulfonamides is 1. The minimum atomic E-state index is -3.99. The van der Waals surface area contributed by atoms with Gasteiger partial charge in [0.15, 0.2) is 9.84 Å². The Hall–Kier alpha value is -1.90. The van der Waals surface area contributed by atoms with Gasteiger partial charge in [-0.1, -0.05) is 18.2 Å². The Morgan fingerprint density at radius 3 is 2.26 bits per heavy atom. The molecule has 0 amide bonds. The minimum Gasteiger partial charge on any atom is -0.377 e. The van der Waals surface area contributed by atoms with Crippen molar-refractivity contribution in [1.82, 2.24) is 0 Å². The Balaban J connectivity index is 1.95. The number of nitrogens with two attached hydrogens (primary N) is 1. The van der Waals surface area contributed by atoms with Crippen molar-refractivity contribution in [3.8, 4) is 0 Å². The van der Waals surface area contributed by atoms with Crippen LogP contribution in [0.25, 0.3) is 0 Å². The molecule has 0 saturated heterocycles. The molecule has 0 bridgehead atoms. The van der Waals surface area contributed by atoms with Gasteiger partial charge in [0.05, 0.1) is 15.5 Å². The van der Waals surface area contributed by atoms with Crippen molar-refractivity contribution in [1.29, 1.82) is 0 Å². The lowest BCUT2D eigenvalue weighted by molar-refractivity contribution is 0.597. The summed E-state index contributed by atoms with van der Waals surface area (Å²) in [6, 6.07) is 10.1. The fourth-order valence-electron chi connectivity index (χ4n) is 3.44. The molecule has 3 rings (SSSR count). The van der Waals surface area contributed by atoms with Crippen LogP contribution in [0.3, 0.4) is 0 Å². The standard InChI is InChI=1S/C19H24N2O4S2/c1-13(15-8-7-14-5-3-4-6-16(14)11-15)21-18-10-9-17(27(20,24)25)12-19(18)26(2,22)23/h7-13,21H,3-6H2,1-2H3,(H2,20,24,25). The second-order valence-corrected chi connectivity index (χ2v) is 10.6. The lowest BCUT2D eigenvalue weighted by atomic mass is 9.89. The van der Waals surface area contributed by atoms with Crippen LogP contribution in [0, 0.1) is 0 Å². The second-order valence-electron chi connectivity index (χ2n) is 7.08. The van der Waals surface area contributed by atoms with E-state index in [1.807, 2.05) is 6.92 Å². The summed E-state index contributed by atoms with van der Waals surface area (Å²) in [4.78, 5) is -0.311. The van der Waals surface area contributed by atoms with Gasteiger partial charge >= 0.3 is 0 Å². The van der Waals surface area contributed by atoms with Crippen LogP contribution in [0.1, 0.15) is 42.5 Å². The first-order valence-corrected chi connectivity index (χ1v) is 12.2. The molecule has 1 aliphatic carbocycles. The molecule has 2 aromatic carbocycles. The molecule has 0 aliphatic heterocycles. The summed E-state index contributed by atoms with van der Waals surface area (Å²) in [5.74, 6) is 0. The topological polar surface area (TPSA) is 106 Å². The molecular weight excluding hydrogens is 384 g/mol. The summed E-state index contributed by atoms with van der Waals surface area (Å²) in [6.07, 6.45) is 5.61. The van der Waals surface area contributed by atoms with Crippen LogP contribution in [0.15, 0.2) is 46.2 Å². The van der Waals surface area contributed by atoms with Crippen molar-refractivity contribution in [3.63, 3.8) is 0 Å². The first kappa shape index (κ1) is 19.9. The number of benzene rings is 2. The van der Waals surface area contributed by atoms with Crippen LogP contribution in [0.2, 0.25) is 0 Å². The average Bonchev–Trinajstić information content (AvgIpc) is 2.59. The number of fused-ring (bicyclic) bond motifs is 1. The predicted molar refractivity (Wildman–Crippen MR) is 106 cm³/mol. The molecule has 6 nitrogen and oxygen atoms in total. The maximum atomic E-state index is 12.2. The van der Waals surface area contributed by atoms with Gasteiger partial charge in [-0.25, -0.2) is 22.0 Å². The molecule has 3 N–H and O–H groups in total. The van der Waals surface area contributed by atoms with Crippen LogP contribution in [-0.2, 0) is 32.7 Å². The summed E-state index contributed by atoms with van der Waals surface area (Å²) >= 11 is 0. The lowest BCUT2D eigenvalue weighted by Crippen LogP contribution is -2.15. The maximum absolute atomic E-state index is 12.2. The van der Waals surface area contributed by atoms with Gasteiger partial charge in [0.2, 0.25) is 10.0 Å². The molecule has 146 valence electrons. The largest absolute Gasteiger partial charge is 0.377 e. The van der Waals surface area contributed by atoms with Gasteiger partial charge in [0.1, 0.15) is 0 Å². The molecule has 0 aromatic heterocycles. The van der Waals surface area contributed by atoms with Gasteiger partial charge in [0, 0.05) is 12.3 Å². The number of sulfonamides is 1. The molecule has 1 aliphatic rings. The zero-order chi connectivity index (χ0) is 19.8. The van der Waals surface area contributed by atoms with Gasteiger partial charge < -0.3 is 5.32 Å². The lowest BCUT2D eigenvalue weighted by Gasteiger charge is -2.22. The molecule has 0 fully saturated rings. The van der Waals surface area contributed by atoms with Gasteiger partial charge in [-0.05, 0) is 67.5 Å². The molecule has 8 heteroatoms. The molecule has 27 heavy (non-hydrogen) atoms. The number of hydrogen-bond acceptors (Lipinski definition) is 5. The fraction of sp³-hybridized carbons (Fsp3) is 0.368. The molecule has 1 atom stereocenters. The second kappa shape index (κ2) is 7.26. The molecule has 0 saturated carbocycles. The summed E-state index contributed by atoms with van der Waals surface area (Å²) in [6.45, 7) is 1.95. The van der Waals surface area contributed by atoms with Crippen LogP contribution in [0.4, 0.5) is 5.69 Å². The highest BCUT2D eigenvalue weighted by Crippen LogP contribution is 2.30. The van der Waals surface area contributed by atoms with E-state index in [0.29, 0.717) is 5.69 Å². The van der Waals surface area contributed by atoms with E-state index >= 15 is 0 Å². The molecule has 0 heterocycles. The third-order valence-corrected chi connectivity index (χ3v) is 6.97. The fourth-order valence-corrected chi connectivity index (χ4v) is 4.93. The summed E-state index contributed by atoms with van der Waals surface area (Å²) in [7, 11) is -7.63. The molecule has 2 aromatic rings. The van der Waals surface area contributed by atoms with Crippen LogP contribution < -0.4 is 10.5 Å². The first-order chi connectivity index (χ1) is 12.6. The number of hydrogen-bond donors (Lipinski definition) is 2. The van der Waals surface area contributed by atoms with E-state index in [1.54, 1.807) is 0 Å². The number of rotatable bonds is 5. The zero-order valence-electron chi connectivity index (χ0n) is 15.4. The van der Waals surface area contributed by atoms with Crippen molar-refractivity contribution in [2.75, 3.05) is 11.6 Å². The average molecular weight is 409 g/mol. The first-order valence-electron chi connectivity index (χ1n) is 8.81. The molecule has 0 spiro atoms. The van der Waals surface area contributed by atoms with Gasteiger partial charge in [-0.15, -0.1) is 0 Å². The van der Waals surface area contributed by atoms with E-state index in [1.165, 1.54) is 36.1 Å². The molecule has 1 unspecified atom stereocenters. The Morgan fingerprint density at radius 2 is 1.63 bits per heavy atom. The van der Waals surface area contributed by atoms with E-state index in [-0.39, 0.29) is 15.8 Å². The molecule has 0 radical (unpaired) electrons. The van der Waals surface area contributed by atoms with Crippen LogP contribution in [0.5, 0.6) is 0 Å². The van der Waals surface area contributed by atoms with Crippen LogP contribution >= 0.6 is 0 Å². The summed E-state index contributed by atoms with van der Waals surface area (Å²) < 4.78 is 47.5. The number of nitrogens with one attached hydrogen (secondary N) is 1. The minimum absolute atomic E-state index is 0.0844. The SMILES string of the molecule is CC(Nc1ccc(S(N)(=O)=O)cc1S(C)(=O)=O)c1ccc2c(c1)CCCC2. The smallest absolute Gasteiger partial charge is 0.238 e. The van der Waals surface area contributed by atoms with E-state index in [4.69, 9.17) is 5.14 Å². The third-order valence-electron chi connectivity index (χ3n) is 4.93. The number of anilines is 1. The summed E-state index contributed by atoms with van der Waals surface area (Å²) in [5.41, 5.74) is 4.15. The predicted octanol–water partition coefficient (Wildman–Crippen LogP) is 2.79. The zero-order valence-corrected chi connectivity index (χ0v) is 17.0. The van der Waals surface area contributed by atoms with Crippen molar-refractivity contribution in [3.05, 3.63) is 53.1 Å². The Bertz CT molecular complexity index is 1080. The van der Waals surface area contributed by atoms with Crippen molar-refractivity contribution < 1.29 is 16.8 Å². The highest BCUT2D eigenvalue weighted by atomic mass is 32.2. The highest BCUT2D eigenvalue weighted by molar-refractivity contribution is 7.91. The van der Waals surface area contributed by atoms with E-state index in [9.17, 15) is 16.8 Å². The Labute approximate surface area is 160 Å². The van der Waals surface area contributed by atoms with Crippen molar-refractivity contribution in [2.45, 2.75) is 48.4 Å².